The summed E-state index contributed by atoms with van der Waals surface area (Å²) in [6, 6.07) is 0.250. The third kappa shape index (κ3) is 3.25. The molecule has 0 unspecified atom stereocenters. The molecule has 0 aliphatic rings. The number of nitrogens with zero attached hydrogens (tertiary/aromatic N) is 1. The second-order valence-corrected chi connectivity index (χ2v) is 2.73. The Balaban J connectivity index is 2.36. The Hall–Kier alpha value is -1.36. The van der Waals surface area contributed by atoms with Crippen LogP contribution in [0.5, 0.6) is 0 Å². The zero-order valence-electron chi connectivity index (χ0n) is 7.54. The predicted molar refractivity (Wildman–Crippen MR) is 48.2 cm³/mol. The Morgan fingerprint density at radius 2 is 2.54 bits per heavy atom. The lowest BCUT2D eigenvalue weighted by Gasteiger charge is -1.98. The molecule has 0 saturated carbocycles. The van der Waals surface area contributed by atoms with Crippen LogP contribution >= 0.6 is 0 Å². The third-order valence-corrected chi connectivity index (χ3v) is 1.47. The van der Waals surface area contributed by atoms with Gasteiger partial charge in [0, 0.05) is 6.42 Å². The summed E-state index contributed by atoms with van der Waals surface area (Å²) in [5.74, 6) is -0.118. The molecule has 0 aliphatic heterocycles. The molecule has 72 valence electrons. The lowest BCUT2D eigenvalue weighted by molar-refractivity contribution is -0.116. The lowest BCUT2D eigenvalue weighted by Crippen LogP contribution is -2.13. The van der Waals surface area contributed by atoms with Crippen LogP contribution in [0.4, 0.5) is 6.01 Å². The van der Waals surface area contributed by atoms with Crippen LogP contribution in [-0.2, 0) is 4.79 Å². The Kier molecular flexibility index (Phi) is 3.45. The highest BCUT2D eigenvalue weighted by Gasteiger charge is 2.05. The van der Waals surface area contributed by atoms with Crippen molar-refractivity contribution >= 4 is 11.9 Å². The van der Waals surface area contributed by atoms with Crippen molar-refractivity contribution in [1.29, 1.82) is 0 Å². The minimum Gasteiger partial charge on any atom is -0.432 e. The first-order valence-corrected chi connectivity index (χ1v) is 4.14. The Bertz CT molecular complexity index is 283. The molecule has 13 heavy (non-hydrogen) atoms. The lowest BCUT2D eigenvalue weighted by atomic mass is 10.3. The maximum Gasteiger partial charge on any atom is 0.301 e. The molecule has 1 rings (SSSR count). The van der Waals surface area contributed by atoms with Gasteiger partial charge in [0.25, 0.3) is 0 Å². The number of anilines is 1. The number of carbonyl (C=O) groups is 1. The van der Waals surface area contributed by atoms with Crippen molar-refractivity contribution in [3.05, 3.63) is 12.0 Å². The van der Waals surface area contributed by atoms with E-state index in [0.29, 0.717) is 19.4 Å². The zero-order chi connectivity index (χ0) is 9.68. The minimum atomic E-state index is -0.118. The van der Waals surface area contributed by atoms with E-state index in [0.717, 1.165) is 5.69 Å². The number of nitrogens with two attached hydrogens (primary N) is 1. The number of amides is 1. The van der Waals surface area contributed by atoms with Crippen molar-refractivity contribution in [2.45, 2.75) is 19.8 Å². The molecule has 1 aromatic heterocycles. The summed E-state index contributed by atoms with van der Waals surface area (Å²) in [4.78, 5) is 15.0. The molecule has 1 amide bonds. The molecule has 0 spiro atoms. The van der Waals surface area contributed by atoms with Crippen LogP contribution in [-0.4, -0.2) is 17.4 Å². The highest BCUT2D eigenvalue weighted by Crippen LogP contribution is 2.06. The fourth-order valence-electron chi connectivity index (χ4n) is 0.856. The summed E-state index contributed by atoms with van der Waals surface area (Å²) in [6.07, 6.45) is 2.56. The van der Waals surface area contributed by atoms with E-state index in [1.807, 2.05) is 0 Å². The van der Waals surface area contributed by atoms with Gasteiger partial charge in [-0.05, 0) is 19.9 Å². The minimum absolute atomic E-state index is 0.118. The van der Waals surface area contributed by atoms with Crippen LogP contribution in [0.15, 0.2) is 10.7 Å². The Morgan fingerprint density at radius 3 is 3.08 bits per heavy atom. The summed E-state index contributed by atoms with van der Waals surface area (Å²) in [6.45, 7) is 2.30. The van der Waals surface area contributed by atoms with E-state index in [2.05, 4.69) is 10.3 Å². The van der Waals surface area contributed by atoms with Crippen LogP contribution in [0.3, 0.4) is 0 Å². The number of nitrogens with one attached hydrogen (secondary N) is 1. The summed E-state index contributed by atoms with van der Waals surface area (Å²) < 4.78 is 4.94. The van der Waals surface area contributed by atoms with E-state index in [4.69, 9.17) is 10.2 Å². The van der Waals surface area contributed by atoms with Crippen LogP contribution in [0.1, 0.15) is 18.5 Å². The van der Waals surface area contributed by atoms with Crippen molar-refractivity contribution in [2.24, 2.45) is 5.73 Å². The van der Waals surface area contributed by atoms with Gasteiger partial charge in [-0.25, -0.2) is 0 Å². The monoisotopic (exact) mass is 183 g/mol. The second kappa shape index (κ2) is 4.61. The molecule has 1 aromatic rings. The van der Waals surface area contributed by atoms with Crippen molar-refractivity contribution in [2.75, 3.05) is 11.9 Å². The standard InChI is InChI=1S/C8H13N3O2/c1-6-5-13-8(10-6)11-7(12)3-2-4-9/h5H,2-4,9H2,1H3,(H,10,11,12). The van der Waals surface area contributed by atoms with Crippen molar-refractivity contribution in [3.8, 4) is 0 Å². The topological polar surface area (TPSA) is 81.2 Å². The Labute approximate surface area is 76.3 Å². The third-order valence-electron chi connectivity index (χ3n) is 1.47. The van der Waals surface area contributed by atoms with Crippen LogP contribution in [0, 0.1) is 6.92 Å². The van der Waals surface area contributed by atoms with Crippen molar-refractivity contribution in [1.82, 2.24) is 4.98 Å². The van der Waals surface area contributed by atoms with Gasteiger partial charge in [0.05, 0.1) is 5.69 Å². The van der Waals surface area contributed by atoms with Gasteiger partial charge in [-0.1, -0.05) is 0 Å². The van der Waals surface area contributed by atoms with E-state index in [1.165, 1.54) is 6.26 Å². The molecular weight excluding hydrogens is 170 g/mol. The van der Waals surface area contributed by atoms with Gasteiger partial charge in [0.1, 0.15) is 6.26 Å². The van der Waals surface area contributed by atoms with Gasteiger partial charge >= 0.3 is 6.01 Å². The molecule has 3 N–H and O–H groups in total. The highest BCUT2D eigenvalue weighted by atomic mass is 16.4. The predicted octanol–water partition coefficient (Wildman–Crippen LogP) is 0.660. The summed E-state index contributed by atoms with van der Waals surface area (Å²) in [7, 11) is 0. The number of carbonyl (C=O) groups excluding carboxylic acids is 1. The van der Waals surface area contributed by atoms with E-state index in [9.17, 15) is 4.79 Å². The molecule has 0 aromatic carbocycles. The van der Waals surface area contributed by atoms with Crippen molar-refractivity contribution < 1.29 is 9.21 Å². The van der Waals surface area contributed by atoms with E-state index < -0.39 is 0 Å². The van der Waals surface area contributed by atoms with Crippen LogP contribution in [0.2, 0.25) is 0 Å². The van der Waals surface area contributed by atoms with Gasteiger partial charge in [-0.3, -0.25) is 10.1 Å². The number of aryl methyl sites for hydroxylation is 1. The fourth-order valence-corrected chi connectivity index (χ4v) is 0.856. The number of aromatic nitrogens is 1. The van der Waals surface area contributed by atoms with E-state index in [-0.39, 0.29) is 11.9 Å². The summed E-state index contributed by atoms with van der Waals surface area (Å²) in [5.41, 5.74) is 6.00. The molecule has 1 heterocycles. The van der Waals surface area contributed by atoms with Gasteiger partial charge < -0.3 is 10.2 Å². The molecule has 5 nitrogen and oxygen atoms in total. The first-order valence-electron chi connectivity index (χ1n) is 4.14. The first-order chi connectivity index (χ1) is 6.22. The number of oxazole rings is 1. The smallest absolute Gasteiger partial charge is 0.301 e. The molecular formula is C8H13N3O2. The first kappa shape index (κ1) is 9.73. The molecule has 0 radical (unpaired) electrons. The quantitative estimate of drug-likeness (QED) is 0.718. The maximum absolute atomic E-state index is 11.1. The molecule has 0 saturated heterocycles. The van der Waals surface area contributed by atoms with Gasteiger partial charge in [0.15, 0.2) is 0 Å². The van der Waals surface area contributed by atoms with E-state index in [1.54, 1.807) is 6.92 Å². The molecule has 5 heteroatoms. The average molecular weight is 183 g/mol. The van der Waals surface area contributed by atoms with E-state index >= 15 is 0 Å². The molecule has 0 bridgehead atoms. The molecule has 0 fully saturated rings. The SMILES string of the molecule is Cc1coc(NC(=O)CCCN)n1. The van der Waals surface area contributed by atoms with Gasteiger partial charge in [-0.2, -0.15) is 4.98 Å². The van der Waals surface area contributed by atoms with Crippen LogP contribution in [0.25, 0.3) is 0 Å². The highest BCUT2D eigenvalue weighted by molar-refractivity contribution is 5.88. The number of hydrogen-bond acceptors (Lipinski definition) is 4. The summed E-state index contributed by atoms with van der Waals surface area (Å²) in [5, 5.41) is 2.53. The van der Waals surface area contributed by atoms with Crippen LogP contribution < -0.4 is 11.1 Å². The fraction of sp³-hybridized carbons (Fsp3) is 0.500. The Morgan fingerprint density at radius 1 is 1.77 bits per heavy atom. The van der Waals surface area contributed by atoms with Gasteiger partial charge in [-0.15, -0.1) is 0 Å². The average Bonchev–Trinajstić information content (AvgIpc) is 2.48. The zero-order valence-corrected chi connectivity index (χ0v) is 7.54. The molecule has 0 aliphatic carbocycles. The number of rotatable bonds is 4. The number of hydrogen-bond donors (Lipinski definition) is 2. The van der Waals surface area contributed by atoms with Gasteiger partial charge in [0.2, 0.25) is 5.91 Å². The second-order valence-electron chi connectivity index (χ2n) is 2.73. The molecule has 0 atom stereocenters. The maximum atomic E-state index is 11.1. The normalized spacial score (nSPS) is 10.0. The summed E-state index contributed by atoms with van der Waals surface area (Å²) >= 11 is 0. The van der Waals surface area contributed by atoms with Crippen molar-refractivity contribution in [3.63, 3.8) is 0 Å². The largest absolute Gasteiger partial charge is 0.432 e.